The third-order valence-electron chi connectivity index (χ3n) is 4.49. The van der Waals surface area contributed by atoms with E-state index < -0.39 is 14.9 Å². The molecule has 2 aromatic rings. The number of rotatable bonds is 6. The van der Waals surface area contributed by atoms with Crippen molar-refractivity contribution in [2.45, 2.75) is 18.4 Å². The molecule has 0 bridgehead atoms. The molecule has 0 spiro atoms. The quantitative estimate of drug-likeness (QED) is 0.570. The topological polar surface area (TPSA) is 122 Å². The van der Waals surface area contributed by atoms with Crippen LogP contribution in [-0.4, -0.2) is 56.6 Å². The molecule has 1 aliphatic rings. The third-order valence-corrected chi connectivity index (χ3v) is 5.90. The van der Waals surface area contributed by atoms with Crippen LogP contribution in [0.4, 0.5) is 11.4 Å². The van der Waals surface area contributed by atoms with Crippen LogP contribution in [0.1, 0.15) is 11.5 Å². The van der Waals surface area contributed by atoms with Gasteiger partial charge in [0.1, 0.15) is 5.69 Å². The number of hydrogen-bond acceptors (Lipinski definition) is 8. The zero-order chi connectivity index (χ0) is 19.6. The van der Waals surface area contributed by atoms with E-state index in [4.69, 9.17) is 4.52 Å². The average Bonchev–Trinajstić information content (AvgIpc) is 3.06. The molecule has 0 saturated carbocycles. The van der Waals surface area contributed by atoms with Gasteiger partial charge < -0.3 is 9.42 Å². The molecular formula is C16H21N5O5S. The highest BCUT2D eigenvalue weighted by Crippen LogP contribution is 2.31. The maximum absolute atomic E-state index is 11.9. The second-order valence-corrected chi connectivity index (χ2v) is 8.20. The SMILES string of the molecule is CNS(=O)(=O)c1ccc(N2CCN(Cc3cc(C)no3)CC2)c([N+](=O)[O-])c1. The fraction of sp³-hybridized carbons (Fsp3) is 0.438. The van der Waals surface area contributed by atoms with E-state index in [0.29, 0.717) is 38.4 Å². The first-order valence-electron chi connectivity index (χ1n) is 8.41. The second-order valence-electron chi connectivity index (χ2n) is 6.31. The molecule has 0 radical (unpaired) electrons. The summed E-state index contributed by atoms with van der Waals surface area (Å²) in [6.07, 6.45) is 0. The molecule has 1 saturated heterocycles. The van der Waals surface area contributed by atoms with Crippen LogP contribution in [0, 0.1) is 17.0 Å². The molecule has 0 amide bonds. The van der Waals surface area contributed by atoms with E-state index in [1.54, 1.807) is 0 Å². The predicted molar refractivity (Wildman–Crippen MR) is 98.1 cm³/mol. The van der Waals surface area contributed by atoms with Gasteiger partial charge in [0.25, 0.3) is 5.69 Å². The van der Waals surface area contributed by atoms with Crippen molar-refractivity contribution in [3.05, 3.63) is 45.8 Å². The van der Waals surface area contributed by atoms with Crippen molar-refractivity contribution in [3.63, 3.8) is 0 Å². The summed E-state index contributed by atoms with van der Waals surface area (Å²) in [5.74, 6) is 0.786. The van der Waals surface area contributed by atoms with Crippen LogP contribution in [0.2, 0.25) is 0 Å². The molecule has 1 aliphatic heterocycles. The number of nitro groups is 1. The highest BCUT2D eigenvalue weighted by molar-refractivity contribution is 7.89. The van der Waals surface area contributed by atoms with E-state index in [1.807, 2.05) is 17.9 Å². The summed E-state index contributed by atoms with van der Waals surface area (Å²) >= 11 is 0. The molecule has 1 N–H and O–H groups in total. The fourth-order valence-corrected chi connectivity index (χ4v) is 3.81. The molecule has 27 heavy (non-hydrogen) atoms. The Hall–Kier alpha value is -2.50. The van der Waals surface area contributed by atoms with Crippen molar-refractivity contribution in [3.8, 4) is 0 Å². The van der Waals surface area contributed by atoms with Crippen LogP contribution in [0.5, 0.6) is 0 Å². The van der Waals surface area contributed by atoms with E-state index in [9.17, 15) is 18.5 Å². The molecular weight excluding hydrogens is 374 g/mol. The fourth-order valence-electron chi connectivity index (χ4n) is 3.06. The monoisotopic (exact) mass is 395 g/mol. The molecule has 0 unspecified atom stereocenters. The minimum absolute atomic E-state index is 0.125. The molecule has 1 aromatic carbocycles. The van der Waals surface area contributed by atoms with Crippen molar-refractivity contribution in [1.82, 2.24) is 14.8 Å². The number of piperazine rings is 1. The molecule has 1 aromatic heterocycles. The van der Waals surface area contributed by atoms with E-state index in [0.717, 1.165) is 17.5 Å². The maximum Gasteiger partial charge on any atom is 0.293 e. The van der Waals surface area contributed by atoms with Crippen LogP contribution in [-0.2, 0) is 16.6 Å². The van der Waals surface area contributed by atoms with Crippen LogP contribution in [0.3, 0.4) is 0 Å². The molecule has 1 fully saturated rings. The maximum atomic E-state index is 11.9. The number of anilines is 1. The van der Waals surface area contributed by atoms with Gasteiger partial charge in [-0.25, -0.2) is 13.1 Å². The Balaban J connectivity index is 1.74. The van der Waals surface area contributed by atoms with E-state index in [2.05, 4.69) is 14.8 Å². The van der Waals surface area contributed by atoms with Gasteiger partial charge >= 0.3 is 0 Å². The number of nitro benzene ring substituents is 1. The Morgan fingerprint density at radius 2 is 1.96 bits per heavy atom. The molecule has 3 rings (SSSR count). The first kappa shape index (κ1) is 19.3. The molecule has 0 aliphatic carbocycles. The highest BCUT2D eigenvalue weighted by atomic mass is 32.2. The lowest BCUT2D eigenvalue weighted by Crippen LogP contribution is -2.46. The summed E-state index contributed by atoms with van der Waals surface area (Å²) in [5, 5.41) is 15.3. The summed E-state index contributed by atoms with van der Waals surface area (Å²) in [4.78, 5) is 14.9. The summed E-state index contributed by atoms with van der Waals surface area (Å²) in [7, 11) is -2.47. The van der Waals surface area contributed by atoms with Gasteiger partial charge in [0.05, 0.1) is 22.1 Å². The minimum atomic E-state index is -3.74. The average molecular weight is 395 g/mol. The summed E-state index contributed by atoms with van der Waals surface area (Å²) in [6.45, 7) is 5.08. The van der Waals surface area contributed by atoms with Gasteiger partial charge in [-0.2, -0.15) is 0 Å². The van der Waals surface area contributed by atoms with Crippen molar-refractivity contribution < 1.29 is 17.9 Å². The van der Waals surface area contributed by atoms with Gasteiger partial charge in [0, 0.05) is 38.3 Å². The van der Waals surface area contributed by atoms with Gasteiger partial charge in [-0.15, -0.1) is 0 Å². The summed E-state index contributed by atoms with van der Waals surface area (Å²) in [6, 6.07) is 5.87. The lowest BCUT2D eigenvalue weighted by Gasteiger charge is -2.35. The molecule has 10 nitrogen and oxygen atoms in total. The minimum Gasteiger partial charge on any atom is -0.363 e. The zero-order valence-electron chi connectivity index (χ0n) is 15.1. The molecule has 0 atom stereocenters. The Bertz CT molecular complexity index is 934. The van der Waals surface area contributed by atoms with Crippen molar-refractivity contribution in [2.75, 3.05) is 38.1 Å². The number of aryl methyl sites for hydroxylation is 1. The zero-order valence-corrected chi connectivity index (χ0v) is 15.9. The van der Waals surface area contributed by atoms with Gasteiger partial charge in [0.2, 0.25) is 10.0 Å². The Morgan fingerprint density at radius 3 is 2.52 bits per heavy atom. The first-order valence-corrected chi connectivity index (χ1v) is 9.90. The lowest BCUT2D eigenvalue weighted by atomic mass is 10.2. The van der Waals surface area contributed by atoms with Gasteiger partial charge in [-0.1, -0.05) is 5.16 Å². The standard InChI is InChI=1S/C16H21N5O5S/c1-12-9-13(26-18-12)11-19-5-7-20(8-6-19)15-4-3-14(27(24,25)17-2)10-16(15)21(22)23/h3-4,9-10,17H,5-8,11H2,1-2H3. The van der Waals surface area contributed by atoms with E-state index in [1.165, 1.54) is 19.2 Å². The summed E-state index contributed by atoms with van der Waals surface area (Å²) < 4.78 is 31.2. The smallest absolute Gasteiger partial charge is 0.293 e. The van der Waals surface area contributed by atoms with Crippen molar-refractivity contribution in [2.24, 2.45) is 0 Å². The Kier molecular flexibility index (Phi) is 5.44. The van der Waals surface area contributed by atoms with Gasteiger partial charge in [-0.3, -0.25) is 15.0 Å². The van der Waals surface area contributed by atoms with Gasteiger partial charge in [0.15, 0.2) is 5.76 Å². The number of benzene rings is 1. The second kappa shape index (κ2) is 7.62. The number of aromatic nitrogens is 1. The van der Waals surface area contributed by atoms with Crippen molar-refractivity contribution >= 4 is 21.4 Å². The van der Waals surface area contributed by atoms with Crippen LogP contribution >= 0.6 is 0 Å². The van der Waals surface area contributed by atoms with Crippen LogP contribution in [0.25, 0.3) is 0 Å². The largest absolute Gasteiger partial charge is 0.363 e. The van der Waals surface area contributed by atoms with Crippen LogP contribution < -0.4 is 9.62 Å². The van der Waals surface area contributed by atoms with Crippen molar-refractivity contribution in [1.29, 1.82) is 0 Å². The Labute approximate surface area is 156 Å². The number of hydrogen-bond donors (Lipinski definition) is 1. The predicted octanol–water partition coefficient (Wildman–Crippen LogP) is 1.12. The number of sulfonamides is 1. The normalized spacial score (nSPS) is 15.9. The lowest BCUT2D eigenvalue weighted by molar-refractivity contribution is -0.384. The third kappa shape index (κ3) is 4.26. The van der Waals surface area contributed by atoms with E-state index in [-0.39, 0.29) is 10.6 Å². The van der Waals surface area contributed by atoms with Crippen LogP contribution in [0.15, 0.2) is 33.7 Å². The summed E-state index contributed by atoms with van der Waals surface area (Å²) in [5.41, 5.74) is 1.03. The highest BCUT2D eigenvalue weighted by Gasteiger charge is 2.26. The van der Waals surface area contributed by atoms with E-state index >= 15 is 0 Å². The number of nitrogens with zero attached hydrogens (tertiary/aromatic N) is 4. The Morgan fingerprint density at radius 1 is 1.26 bits per heavy atom. The molecule has 11 heteroatoms. The number of nitrogens with one attached hydrogen (secondary N) is 1. The first-order chi connectivity index (χ1) is 12.8. The molecule has 146 valence electrons. The molecule has 2 heterocycles. The van der Waals surface area contributed by atoms with Gasteiger partial charge in [-0.05, 0) is 26.1 Å².